The van der Waals surface area contributed by atoms with Crippen LogP contribution in [0.2, 0.25) is 0 Å². The maximum atomic E-state index is 13.0. The van der Waals surface area contributed by atoms with Gasteiger partial charge in [-0.3, -0.25) is 15.6 Å². The second-order valence-corrected chi connectivity index (χ2v) is 4.98. The number of hydrogen-bond donors (Lipinski definition) is 2. The van der Waals surface area contributed by atoms with E-state index in [1.807, 2.05) is 6.07 Å². The van der Waals surface area contributed by atoms with Crippen molar-refractivity contribution >= 4 is 11.6 Å². The number of alkyl halides is 3. The van der Waals surface area contributed by atoms with Gasteiger partial charge >= 0.3 is 6.18 Å². The monoisotopic (exact) mass is 344 g/mol. The van der Waals surface area contributed by atoms with E-state index in [-0.39, 0.29) is 23.2 Å². The van der Waals surface area contributed by atoms with Crippen molar-refractivity contribution in [3.05, 3.63) is 64.7 Å². The summed E-state index contributed by atoms with van der Waals surface area (Å²) in [6.45, 7) is 0. The summed E-state index contributed by atoms with van der Waals surface area (Å²) in [7, 11) is 0. The lowest BCUT2D eigenvalue weighted by Gasteiger charge is -2.15. The summed E-state index contributed by atoms with van der Waals surface area (Å²) in [6.07, 6.45) is -4.49. The summed E-state index contributed by atoms with van der Waals surface area (Å²) in [5, 5.41) is 17.3. The summed E-state index contributed by atoms with van der Waals surface area (Å²) in [5.41, 5.74) is 3.77. The minimum Gasteiger partial charge on any atom is -0.298 e. The Morgan fingerprint density at radius 1 is 1.08 bits per heavy atom. The largest absolute Gasteiger partial charge is 0.418 e. The molecule has 0 heterocycles. The smallest absolute Gasteiger partial charge is 0.298 e. The molecule has 0 aliphatic carbocycles. The molecule has 0 saturated heterocycles. The number of nitrogens with zero attached hydrogens (tertiary/aromatic N) is 2. The quantitative estimate of drug-likeness (QED) is 0.832. The average Bonchev–Trinajstić information content (AvgIpc) is 2.59. The van der Waals surface area contributed by atoms with E-state index in [1.54, 1.807) is 18.2 Å². The van der Waals surface area contributed by atoms with Crippen molar-refractivity contribution in [1.29, 1.82) is 10.5 Å². The molecule has 126 valence electrons. The first kappa shape index (κ1) is 17.8. The number of benzene rings is 2. The lowest BCUT2D eigenvalue weighted by Crippen LogP contribution is -2.30. The number of hydrazine groups is 1. The molecule has 0 bridgehead atoms. The Kier molecular flexibility index (Phi) is 5.25. The van der Waals surface area contributed by atoms with Crippen molar-refractivity contribution in [2.24, 2.45) is 0 Å². The minimum absolute atomic E-state index is 0.141. The number of amides is 1. The molecule has 0 spiro atoms. The van der Waals surface area contributed by atoms with Gasteiger partial charge in [-0.05, 0) is 35.9 Å². The number of carbonyl (C=O) groups is 1. The van der Waals surface area contributed by atoms with E-state index >= 15 is 0 Å². The van der Waals surface area contributed by atoms with Crippen molar-refractivity contribution in [3.63, 3.8) is 0 Å². The number of hydrogen-bond acceptors (Lipinski definition) is 4. The molecule has 0 aliphatic rings. The Morgan fingerprint density at radius 3 is 2.32 bits per heavy atom. The summed E-state index contributed by atoms with van der Waals surface area (Å²) >= 11 is 0. The van der Waals surface area contributed by atoms with Crippen LogP contribution >= 0.6 is 0 Å². The zero-order valence-corrected chi connectivity index (χ0v) is 12.7. The fourth-order valence-electron chi connectivity index (χ4n) is 2.02. The van der Waals surface area contributed by atoms with Gasteiger partial charge < -0.3 is 0 Å². The van der Waals surface area contributed by atoms with Gasteiger partial charge in [0.15, 0.2) is 0 Å². The second-order valence-electron chi connectivity index (χ2n) is 4.98. The van der Waals surface area contributed by atoms with Gasteiger partial charge in [-0.2, -0.15) is 23.7 Å². The maximum absolute atomic E-state index is 13.0. The van der Waals surface area contributed by atoms with Crippen LogP contribution in [0.4, 0.5) is 18.9 Å². The van der Waals surface area contributed by atoms with Crippen molar-refractivity contribution in [3.8, 4) is 12.1 Å². The highest BCUT2D eigenvalue weighted by Gasteiger charge is 2.34. The molecule has 2 rings (SSSR count). The predicted octanol–water partition coefficient (Wildman–Crippen LogP) is 3.40. The highest BCUT2D eigenvalue weighted by atomic mass is 19.4. The molecule has 0 saturated carbocycles. The van der Waals surface area contributed by atoms with Gasteiger partial charge in [-0.1, -0.05) is 12.1 Å². The third kappa shape index (κ3) is 4.49. The van der Waals surface area contributed by atoms with Crippen LogP contribution in [0.1, 0.15) is 27.0 Å². The van der Waals surface area contributed by atoms with Crippen LogP contribution in [0, 0.1) is 22.7 Å². The molecule has 0 radical (unpaired) electrons. The zero-order valence-electron chi connectivity index (χ0n) is 12.7. The van der Waals surface area contributed by atoms with Crippen LogP contribution in [-0.2, 0) is 12.6 Å². The second kappa shape index (κ2) is 7.37. The molecule has 25 heavy (non-hydrogen) atoms. The standard InChI is InChI=1S/C17H11F3N4O/c18-17(19,20)14-9-12(10-22)3-6-15(14)23-24-16(25)13-4-1-11(2-5-13)7-8-21/h1-6,9,23H,7H2,(H,24,25). The molecular formula is C17H11F3N4O. The molecule has 0 fully saturated rings. The molecule has 8 heteroatoms. The van der Waals surface area contributed by atoms with Crippen LogP contribution in [0.3, 0.4) is 0 Å². The van der Waals surface area contributed by atoms with Gasteiger partial charge in [0.2, 0.25) is 0 Å². The molecule has 5 nitrogen and oxygen atoms in total. The Labute approximate surface area is 141 Å². The number of anilines is 1. The molecule has 1 amide bonds. The molecule has 0 aliphatic heterocycles. The summed E-state index contributed by atoms with van der Waals surface area (Å²) in [4.78, 5) is 12.0. The van der Waals surface area contributed by atoms with E-state index < -0.39 is 17.6 Å². The number of carbonyl (C=O) groups excluding carboxylic acids is 1. The van der Waals surface area contributed by atoms with Crippen molar-refractivity contribution in [2.75, 3.05) is 5.43 Å². The summed E-state index contributed by atoms with van der Waals surface area (Å²) in [6, 6.07) is 12.7. The first-order valence-electron chi connectivity index (χ1n) is 6.98. The maximum Gasteiger partial charge on any atom is 0.418 e. The van der Waals surface area contributed by atoms with Gasteiger partial charge in [-0.15, -0.1) is 0 Å². The Bertz CT molecular complexity index is 861. The van der Waals surface area contributed by atoms with Crippen molar-refractivity contribution in [2.45, 2.75) is 12.6 Å². The first-order valence-corrected chi connectivity index (χ1v) is 6.98. The van der Waals surface area contributed by atoms with E-state index in [0.717, 1.165) is 11.6 Å². The normalized spacial score (nSPS) is 10.4. The van der Waals surface area contributed by atoms with E-state index in [2.05, 4.69) is 10.9 Å². The van der Waals surface area contributed by atoms with Crippen LogP contribution in [0.5, 0.6) is 0 Å². The SMILES string of the molecule is N#CCc1ccc(C(=O)NNc2ccc(C#N)cc2C(F)(F)F)cc1. The van der Waals surface area contributed by atoms with Crippen LogP contribution in [0.15, 0.2) is 42.5 Å². The predicted molar refractivity (Wildman–Crippen MR) is 83.0 cm³/mol. The van der Waals surface area contributed by atoms with Crippen molar-refractivity contribution in [1.82, 2.24) is 5.43 Å². The fraction of sp³-hybridized carbons (Fsp3) is 0.118. The van der Waals surface area contributed by atoms with E-state index in [4.69, 9.17) is 10.5 Å². The first-order chi connectivity index (χ1) is 11.8. The van der Waals surface area contributed by atoms with Crippen LogP contribution in [0.25, 0.3) is 0 Å². The number of rotatable bonds is 4. The number of nitriles is 2. The number of nitrogens with one attached hydrogen (secondary N) is 2. The summed E-state index contributed by atoms with van der Waals surface area (Å²) < 4.78 is 39.1. The fourth-order valence-corrected chi connectivity index (χ4v) is 2.02. The summed E-state index contributed by atoms with van der Waals surface area (Å²) in [5.74, 6) is -0.638. The molecular weight excluding hydrogens is 333 g/mol. The topological polar surface area (TPSA) is 88.7 Å². The molecule has 0 atom stereocenters. The Balaban J connectivity index is 2.14. The van der Waals surface area contributed by atoms with Crippen LogP contribution in [-0.4, -0.2) is 5.91 Å². The Morgan fingerprint density at radius 2 is 1.76 bits per heavy atom. The van der Waals surface area contributed by atoms with E-state index in [9.17, 15) is 18.0 Å². The van der Waals surface area contributed by atoms with Crippen LogP contribution < -0.4 is 10.9 Å². The molecule has 2 aromatic carbocycles. The lowest BCUT2D eigenvalue weighted by atomic mass is 10.1. The third-order valence-corrected chi connectivity index (χ3v) is 3.26. The highest BCUT2D eigenvalue weighted by Crippen LogP contribution is 2.35. The lowest BCUT2D eigenvalue weighted by molar-refractivity contribution is -0.137. The molecule has 2 aromatic rings. The van der Waals surface area contributed by atoms with Gasteiger partial charge in [0.25, 0.3) is 5.91 Å². The van der Waals surface area contributed by atoms with Gasteiger partial charge in [-0.25, -0.2) is 0 Å². The zero-order chi connectivity index (χ0) is 18.4. The third-order valence-electron chi connectivity index (χ3n) is 3.26. The molecule has 0 unspecified atom stereocenters. The molecule has 2 N–H and O–H groups in total. The highest BCUT2D eigenvalue weighted by molar-refractivity contribution is 5.95. The van der Waals surface area contributed by atoms with Crippen molar-refractivity contribution < 1.29 is 18.0 Å². The Hall–Kier alpha value is -3.52. The average molecular weight is 344 g/mol. The van der Waals surface area contributed by atoms with E-state index in [0.29, 0.717) is 6.07 Å². The van der Waals surface area contributed by atoms with E-state index in [1.165, 1.54) is 18.2 Å². The van der Waals surface area contributed by atoms with Gasteiger partial charge in [0.1, 0.15) is 0 Å². The minimum atomic E-state index is -4.68. The molecule has 0 aromatic heterocycles. The van der Waals surface area contributed by atoms with Gasteiger partial charge in [0.05, 0.1) is 35.4 Å². The number of halogens is 3. The van der Waals surface area contributed by atoms with Gasteiger partial charge in [0, 0.05) is 5.56 Å².